The normalized spacial score (nSPS) is 21.7. The summed E-state index contributed by atoms with van der Waals surface area (Å²) in [7, 11) is 1.65. The number of halogens is 3. The molecule has 3 aromatic carbocycles. The summed E-state index contributed by atoms with van der Waals surface area (Å²) in [4.78, 5) is 7.26. The minimum Gasteiger partial charge on any atom is -0.496 e. The van der Waals surface area contributed by atoms with Crippen LogP contribution in [-0.4, -0.2) is 55.9 Å². The van der Waals surface area contributed by atoms with Crippen molar-refractivity contribution in [3.05, 3.63) is 77.9 Å². The zero-order chi connectivity index (χ0) is 26.9. The molecule has 5 rings (SSSR count). The molecule has 0 radical (unpaired) electrons. The van der Waals surface area contributed by atoms with Crippen molar-refractivity contribution in [1.82, 2.24) is 4.90 Å². The van der Waals surface area contributed by atoms with E-state index in [9.17, 15) is 13.2 Å². The Morgan fingerprint density at radius 3 is 2.39 bits per heavy atom. The number of hydrogen-bond donors (Lipinski definition) is 2. The van der Waals surface area contributed by atoms with Gasteiger partial charge in [-0.05, 0) is 61.9 Å². The predicted octanol–water partition coefficient (Wildman–Crippen LogP) is 6.10. The number of benzene rings is 3. The first kappa shape index (κ1) is 26.1. The summed E-state index contributed by atoms with van der Waals surface area (Å²) in [5.41, 5.74) is 3.51. The summed E-state index contributed by atoms with van der Waals surface area (Å²) in [6.45, 7) is 6.38. The molecule has 9 heteroatoms. The third kappa shape index (κ3) is 5.79. The Morgan fingerprint density at radius 1 is 1.00 bits per heavy atom. The second-order valence-corrected chi connectivity index (χ2v) is 9.77. The van der Waals surface area contributed by atoms with Gasteiger partial charge in [-0.3, -0.25) is 4.90 Å². The van der Waals surface area contributed by atoms with E-state index in [1.165, 1.54) is 12.1 Å². The van der Waals surface area contributed by atoms with Gasteiger partial charge >= 0.3 is 6.18 Å². The van der Waals surface area contributed by atoms with Gasteiger partial charge in [-0.25, -0.2) is 4.99 Å². The topological polar surface area (TPSA) is 58.1 Å². The number of methoxy groups -OCH3 is 1. The van der Waals surface area contributed by atoms with E-state index in [2.05, 4.69) is 35.4 Å². The third-order valence-electron chi connectivity index (χ3n) is 6.70. The number of morpholine rings is 1. The molecule has 3 aromatic rings. The molecular weight excluding hydrogens is 493 g/mol. The highest BCUT2D eigenvalue weighted by Crippen LogP contribution is 2.35. The Labute approximate surface area is 220 Å². The quantitative estimate of drug-likeness (QED) is 0.423. The van der Waals surface area contributed by atoms with Crippen LogP contribution in [0.5, 0.6) is 5.75 Å². The predicted molar refractivity (Wildman–Crippen MR) is 144 cm³/mol. The van der Waals surface area contributed by atoms with Crippen LogP contribution in [0.3, 0.4) is 0 Å². The summed E-state index contributed by atoms with van der Waals surface area (Å²) in [5, 5.41) is 6.82. The number of alkyl halides is 3. The van der Waals surface area contributed by atoms with Gasteiger partial charge in [0.1, 0.15) is 17.8 Å². The van der Waals surface area contributed by atoms with Crippen LogP contribution >= 0.6 is 0 Å². The van der Waals surface area contributed by atoms with Crippen LogP contribution in [0.2, 0.25) is 0 Å². The fourth-order valence-corrected chi connectivity index (χ4v) is 5.10. The van der Waals surface area contributed by atoms with Gasteiger partial charge in [-0.15, -0.1) is 0 Å². The van der Waals surface area contributed by atoms with E-state index in [4.69, 9.17) is 14.5 Å². The molecule has 0 aromatic heterocycles. The molecule has 2 aliphatic rings. The van der Waals surface area contributed by atoms with Gasteiger partial charge in [0.05, 0.1) is 24.9 Å². The maximum absolute atomic E-state index is 13.1. The zero-order valence-electron chi connectivity index (χ0n) is 21.5. The molecule has 38 heavy (non-hydrogen) atoms. The van der Waals surface area contributed by atoms with Crippen molar-refractivity contribution in [3.63, 3.8) is 0 Å². The SMILES string of the molecule is COc1ccccc1-c1ccc2c(c1)NC(CN1C[C@@H](C)O[C@@H](C)C1)N=C2Nc1ccc(C(F)(F)F)cc1. The van der Waals surface area contributed by atoms with Crippen molar-refractivity contribution < 1.29 is 22.6 Å². The molecule has 0 aliphatic carbocycles. The van der Waals surface area contributed by atoms with Gasteiger partial charge in [0, 0.05) is 42.1 Å². The van der Waals surface area contributed by atoms with Gasteiger partial charge in [-0.1, -0.05) is 24.3 Å². The highest BCUT2D eigenvalue weighted by molar-refractivity contribution is 6.13. The van der Waals surface area contributed by atoms with Crippen molar-refractivity contribution in [2.75, 3.05) is 37.4 Å². The molecule has 2 heterocycles. The highest BCUT2D eigenvalue weighted by Gasteiger charge is 2.30. The number of nitrogens with one attached hydrogen (secondary N) is 2. The van der Waals surface area contributed by atoms with Crippen LogP contribution < -0.4 is 15.4 Å². The molecule has 1 fully saturated rings. The molecule has 200 valence electrons. The van der Waals surface area contributed by atoms with Crippen molar-refractivity contribution in [2.24, 2.45) is 4.99 Å². The summed E-state index contributed by atoms with van der Waals surface area (Å²) in [6, 6.07) is 18.8. The van der Waals surface area contributed by atoms with Crippen LogP contribution in [0, 0.1) is 0 Å². The van der Waals surface area contributed by atoms with E-state index in [0.29, 0.717) is 18.1 Å². The van der Waals surface area contributed by atoms with Crippen LogP contribution in [-0.2, 0) is 10.9 Å². The average Bonchev–Trinajstić information content (AvgIpc) is 2.87. The molecule has 0 saturated carbocycles. The molecule has 0 spiro atoms. The molecule has 2 N–H and O–H groups in total. The first-order valence-corrected chi connectivity index (χ1v) is 12.6. The lowest BCUT2D eigenvalue weighted by Crippen LogP contribution is -2.49. The molecule has 6 nitrogen and oxygen atoms in total. The summed E-state index contributed by atoms with van der Waals surface area (Å²) in [5.74, 6) is 1.37. The summed E-state index contributed by atoms with van der Waals surface area (Å²) >= 11 is 0. The van der Waals surface area contributed by atoms with Gasteiger partial charge in [0.25, 0.3) is 0 Å². The highest BCUT2D eigenvalue weighted by atomic mass is 19.4. The number of aliphatic imine (C=N–C) groups is 1. The first-order chi connectivity index (χ1) is 18.2. The van der Waals surface area contributed by atoms with E-state index >= 15 is 0 Å². The van der Waals surface area contributed by atoms with Crippen LogP contribution in [0.25, 0.3) is 11.1 Å². The van der Waals surface area contributed by atoms with Gasteiger partial charge in [0.15, 0.2) is 0 Å². The standard InChI is InChI=1S/C29H31F3N4O2/c1-18-15-36(16-19(2)38-18)17-27-34-25-14-20(23-6-4-5-7-26(23)37-3)8-13-24(25)28(35-27)33-22-11-9-21(10-12-22)29(30,31)32/h4-14,18-19,27,34H,15-17H2,1-3H3,(H,33,35)/t18-,19+,27?. The van der Waals surface area contributed by atoms with E-state index < -0.39 is 11.7 Å². The number of ether oxygens (including phenoxy) is 2. The van der Waals surface area contributed by atoms with Crippen molar-refractivity contribution >= 4 is 17.2 Å². The van der Waals surface area contributed by atoms with Gasteiger partial charge in [-0.2, -0.15) is 13.2 Å². The lowest BCUT2D eigenvalue weighted by atomic mass is 9.99. The Hall–Kier alpha value is -3.56. The molecular formula is C29H31F3N4O2. The van der Waals surface area contributed by atoms with Crippen LogP contribution in [0.4, 0.5) is 24.5 Å². The Kier molecular flexibility index (Phi) is 7.32. The molecule has 2 aliphatic heterocycles. The molecule has 3 atom stereocenters. The zero-order valence-corrected chi connectivity index (χ0v) is 21.5. The molecule has 1 unspecified atom stereocenters. The lowest BCUT2D eigenvalue weighted by molar-refractivity contribution is -0.137. The number of nitrogens with zero attached hydrogens (tertiary/aromatic N) is 2. The van der Waals surface area contributed by atoms with Crippen molar-refractivity contribution in [3.8, 4) is 16.9 Å². The fraction of sp³-hybridized carbons (Fsp3) is 0.345. The third-order valence-corrected chi connectivity index (χ3v) is 6.70. The van der Waals surface area contributed by atoms with Crippen LogP contribution in [0.1, 0.15) is 25.0 Å². The first-order valence-electron chi connectivity index (χ1n) is 12.6. The second-order valence-electron chi connectivity index (χ2n) is 9.77. The number of para-hydroxylation sites is 1. The minimum atomic E-state index is -4.39. The minimum absolute atomic E-state index is 0.125. The Balaban J connectivity index is 1.47. The molecule has 0 bridgehead atoms. The fourth-order valence-electron chi connectivity index (χ4n) is 5.10. The average molecular weight is 525 g/mol. The van der Waals surface area contributed by atoms with E-state index in [1.54, 1.807) is 7.11 Å². The Bertz CT molecular complexity index is 1300. The largest absolute Gasteiger partial charge is 0.496 e. The molecule has 1 saturated heterocycles. The van der Waals surface area contributed by atoms with Crippen LogP contribution in [0.15, 0.2) is 71.7 Å². The lowest BCUT2D eigenvalue weighted by Gasteiger charge is -2.37. The summed E-state index contributed by atoms with van der Waals surface area (Å²) < 4.78 is 50.6. The van der Waals surface area contributed by atoms with E-state index in [0.717, 1.165) is 53.3 Å². The van der Waals surface area contributed by atoms with Crippen molar-refractivity contribution in [2.45, 2.75) is 38.4 Å². The smallest absolute Gasteiger partial charge is 0.416 e. The van der Waals surface area contributed by atoms with Crippen molar-refractivity contribution in [1.29, 1.82) is 0 Å². The summed E-state index contributed by atoms with van der Waals surface area (Å²) in [6.07, 6.45) is -4.39. The van der Waals surface area contributed by atoms with Gasteiger partial charge in [0.2, 0.25) is 0 Å². The maximum atomic E-state index is 13.1. The molecule has 0 amide bonds. The van der Waals surface area contributed by atoms with E-state index in [1.807, 2.05) is 36.4 Å². The number of fused-ring (bicyclic) bond motifs is 1. The Morgan fingerprint density at radius 2 is 1.71 bits per heavy atom. The number of rotatable bonds is 5. The number of hydrogen-bond acceptors (Lipinski definition) is 6. The van der Waals surface area contributed by atoms with E-state index in [-0.39, 0.29) is 18.4 Å². The van der Waals surface area contributed by atoms with Gasteiger partial charge < -0.3 is 20.1 Å². The maximum Gasteiger partial charge on any atom is 0.416 e. The number of anilines is 2. The number of amidine groups is 1. The second kappa shape index (κ2) is 10.7. The monoisotopic (exact) mass is 524 g/mol.